The Kier molecular flexibility index (Phi) is 4.48. The second-order valence-corrected chi connectivity index (χ2v) is 4.78. The summed E-state index contributed by atoms with van der Waals surface area (Å²) >= 11 is 1.23. The summed E-state index contributed by atoms with van der Waals surface area (Å²) in [6, 6.07) is 9.11. The Bertz CT molecular complexity index is 720. The molecule has 1 heterocycles. The van der Waals surface area contributed by atoms with Gasteiger partial charge in [0.05, 0.1) is 16.6 Å². The van der Waals surface area contributed by atoms with Crippen molar-refractivity contribution in [3.63, 3.8) is 0 Å². The number of nitro groups is 1. The molecular formula is C13H9N3O4S. The molecule has 0 bridgehead atoms. The lowest BCUT2D eigenvalue weighted by atomic mass is 10.3. The van der Waals surface area contributed by atoms with Crippen molar-refractivity contribution in [2.24, 2.45) is 0 Å². The lowest BCUT2D eigenvalue weighted by molar-refractivity contribution is -0.384. The molecule has 0 atom stereocenters. The number of anilines is 1. The third-order valence-electron chi connectivity index (χ3n) is 2.44. The zero-order chi connectivity index (χ0) is 15.2. The van der Waals surface area contributed by atoms with Gasteiger partial charge in [0.25, 0.3) is 11.6 Å². The van der Waals surface area contributed by atoms with E-state index in [4.69, 9.17) is 10.00 Å². The molecule has 0 aliphatic rings. The van der Waals surface area contributed by atoms with Crippen LogP contribution in [0.15, 0.2) is 35.7 Å². The minimum atomic E-state index is -0.544. The van der Waals surface area contributed by atoms with E-state index in [2.05, 4.69) is 5.32 Å². The first-order chi connectivity index (χ1) is 10.1. The van der Waals surface area contributed by atoms with Gasteiger partial charge in [-0.05, 0) is 17.5 Å². The Morgan fingerprint density at radius 1 is 1.48 bits per heavy atom. The molecule has 0 radical (unpaired) electrons. The maximum absolute atomic E-state index is 11.7. The number of thiophene rings is 1. The van der Waals surface area contributed by atoms with Crippen LogP contribution in [0.2, 0.25) is 0 Å². The highest BCUT2D eigenvalue weighted by Crippen LogP contribution is 2.22. The molecule has 7 nitrogen and oxygen atoms in total. The van der Waals surface area contributed by atoms with Crippen LogP contribution in [0.1, 0.15) is 5.56 Å². The molecule has 0 saturated heterocycles. The van der Waals surface area contributed by atoms with Crippen LogP contribution in [0.4, 0.5) is 10.7 Å². The number of ether oxygens (including phenoxy) is 1. The van der Waals surface area contributed by atoms with Crippen molar-refractivity contribution in [1.29, 1.82) is 5.26 Å². The number of benzene rings is 1. The van der Waals surface area contributed by atoms with Crippen molar-refractivity contribution < 1.29 is 14.5 Å². The minimum Gasteiger partial charge on any atom is -0.484 e. The Hall–Kier alpha value is -2.92. The molecule has 0 saturated carbocycles. The Labute approximate surface area is 123 Å². The summed E-state index contributed by atoms with van der Waals surface area (Å²) < 4.78 is 5.19. The van der Waals surface area contributed by atoms with Gasteiger partial charge in [0.1, 0.15) is 16.8 Å². The quantitative estimate of drug-likeness (QED) is 0.675. The highest BCUT2D eigenvalue weighted by molar-refractivity contribution is 7.14. The summed E-state index contributed by atoms with van der Waals surface area (Å²) in [5, 5.41) is 24.1. The summed E-state index contributed by atoms with van der Waals surface area (Å²) in [5.41, 5.74) is 0.265. The van der Waals surface area contributed by atoms with Gasteiger partial charge in [-0.25, -0.2) is 0 Å². The molecule has 0 fully saturated rings. The molecule has 8 heteroatoms. The number of carbonyl (C=O) groups is 1. The van der Waals surface area contributed by atoms with Crippen LogP contribution >= 0.6 is 11.3 Å². The zero-order valence-electron chi connectivity index (χ0n) is 10.6. The average molecular weight is 303 g/mol. The van der Waals surface area contributed by atoms with E-state index in [0.717, 1.165) is 0 Å². The molecule has 1 aromatic carbocycles. The molecule has 21 heavy (non-hydrogen) atoms. The second-order valence-electron chi connectivity index (χ2n) is 3.87. The minimum absolute atomic E-state index is 0.113. The molecule has 1 aromatic heterocycles. The number of nitrogens with one attached hydrogen (secondary N) is 1. The zero-order valence-corrected chi connectivity index (χ0v) is 11.4. The monoisotopic (exact) mass is 303 g/mol. The molecule has 2 aromatic rings. The van der Waals surface area contributed by atoms with Crippen molar-refractivity contribution in [2.75, 3.05) is 11.9 Å². The number of hydrogen-bond donors (Lipinski definition) is 1. The highest BCUT2D eigenvalue weighted by atomic mass is 32.1. The number of nitro benzene ring substituents is 1. The van der Waals surface area contributed by atoms with Gasteiger partial charge in [0.15, 0.2) is 6.61 Å². The highest BCUT2D eigenvalue weighted by Gasteiger charge is 2.10. The molecule has 0 spiro atoms. The normalized spacial score (nSPS) is 9.67. The van der Waals surface area contributed by atoms with Crippen LogP contribution in [0.3, 0.4) is 0 Å². The number of nitrogens with zero attached hydrogens (tertiary/aromatic N) is 2. The fourth-order valence-corrected chi connectivity index (χ4v) is 2.25. The first-order valence-electron chi connectivity index (χ1n) is 5.75. The van der Waals surface area contributed by atoms with Gasteiger partial charge in [0.2, 0.25) is 0 Å². The van der Waals surface area contributed by atoms with Crippen molar-refractivity contribution in [2.45, 2.75) is 0 Å². The SMILES string of the molecule is N#Cc1ccsc1NC(=O)COc1cccc([N+](=O)[O-])c1. The summed E-state index contributed by atoms with van der Waals surface area (Å²) in [7, 11) is 0. The van der Waals surface area contributed by atoms with Gasteiger partial charge in [0, 0.05) is 6.07 Å². The van der Waals surface area contributed by atoms with E-state index in [1.165, 1.54) is 35.6 Å². The van der Waals surface area contributed by atoms with Crippen molar-refractivity contribution >= 4 is 27.9 Å². The van der Waals surface area contributed by atoms with Crippen LogP contribution in [-0.4, -0.2) is 17.4 Å². The summed E-state index contributed by atoms with van der Waals surface area (Å²) in [6.45, 7) is -0.302. The Morgan fingerprint density at radius 3 is 3.00 bits per heavy atom. The number of rotatable bonds is 5. The van der Waals surface area contributed by atoms with Crippen LogP contribution in [0.25, 0.3) is 0 Å². The predicted molar refractivity (Wildman–Crippen MR) is 76.3 cm³/mol. The Balaban J connectivity index is 1.94. The number of amides is 1. The molecule has 106 valence electrons. The summed E-state index contributed by atoms with van der Waals surface area (Å²) in [5.74, 6) is -0.216. The molecule has 1 N–H and O–H groups in total. The number of carbonyl (C=O) groups excluding carboxylic acids is 1. The van der Waals surface area contributed by atoms with Gasteiger partial charge in [-0.15, -0.1) is 11.3 Å². The molecule has 0 aliphatic carbocycles. The number of hydrogen-bond acceptors (Lipinski definition) is 6. The molecule has 1 amide bonds. The number of non-ortho nitro benzene ring substituents is 1. The summed E-state index contributed by atoms with van der Waals surface area (Å²) in [4.78, 5) is 21.8. The van der Waals surface area contributed by atoms with E-state index < -0.39 is 10.8 Å². The lowest BCUT2D eigenvalue weighted by Gasteiger charge is -2.06. The Morgan fingerprint density at radius 2 is 2.29 bits per heavy atom. The van der Waals surface area contributed by atoms with Crippen LogP contribution < -0.4 is 10.1 Å². The fraction of sp³-hybridized carbons (Fsp3) is 0.0769. The lowest BCUT2D eigenvalue weighted by Crippen LogP contribution is -2.20. The van der Waals surface area contributed by atoms with Crippen LogP contribution in [0, 0.1) is 21.4 Å². The third kappa shape index (κ3) is 3.77. The smallest absolute Gasteiger partial charge is 0.273 e. The molecule has 2 rings (SSSR count). The van der Waals surface area contributed by atoms with E-state index in [0.29, 0.717) is 10.6 Å². The standard InChI is InChI=1S/C13H9N3O4S/c14-7-9-4-5-21-13(9)15-12(17)8-20-11-3-1-2-10(6-11)16(18)19/h1-6H,8H2,(H,15,17). The maximum atomic E-state index is 11.7. The first-order valence-corrected chi connectivity index (χ1v) is 6.63. The largest absolute Gasteiger partial charge is 0.484 e. The predicted octanol–water partition coefficient (Wildman–Crippen LogP) is 2.55. The molecule has 0 unspecified atom stereocenters. The van der Waals surface area contributed by atoms with E-state index in [-0.39, 0.29) is 18.0 Å². The maximum Gasteiger partial charge on any atom is 0.273 e. The second kappa shape index (κ2) is 6.49. The van der Waals surface area contributed by atoms with Crippen molar-refractivity contribution in [3.05, 3.63) is 51.4 Å². The fourth-order valence-electron chi connectivity index (χ4n) is 1.49. The average Bonchev–Trinajstić information content (AvgIpc) is 2.92. The van der Waals surface area contributed by atoms with Crippen molar-refractivity contribution in [1.82, 2.24) is 0 Å². The van der Waals surface area contributed by atoms with Crippen LogP contribution in [-0.2, 0) is 4.79 Å². The van der Waals surface area contributed by atoms with Gasteiger partial charge >= 0.3 is 0 Å². The topological polar surface area (TPSA) is 105 Å². The van der Waals surface area contributed by atoms with Gasteiger partial charge in [-0.2, -0.15) is 5.26 Å². The van der Waals surface area contributed by atoms with E-state index in [9.17, 15) is 14.9 Å². The van der Waals surface area contributed by atoms with Gasteiger partial charge in [-0.3, -0.25) is 14.9 Å². The first kappa shape index (κ1) is 14.5. The molecular weight excluding hydrogens is 294 g/mol. The molecule has 0 aliphatic heterocycles. The van der Waals surface area contributed by atoms with Crippen molar-refractivity contribution in [3.8, 4) is 11.8 Å². The summed E-state index contributed by atoms with van der Waals surface area (Å²) in [6.07, 6.45) is 0. The van der Waals surface area contributed by atoms with E-state index >= 15 is 0 Å². The van der Waals surface area contributed by atoms with Gasteiger partial charge in [-0.1, -0.05) is 6.07 Å². The van der Waals surface area contributed by atoms with Crippen LogP contribution in [0.5, 0.6) is 5.75 Å². The third-order valence-corrected chi connectivity index (χ3v) is 3.27. The van der Waals surface area contributed by atoms with E-state index in [1.54, 1.807) is 11.4 Å². The van der Waals surface area contributed by atoms with Gasteiger partial charge < -0.3 is 10.1 Å². The van der Waals surface area contributed by atoms with E-state index in [1.807, 2.05) is 6.07 Å². The number of nitriles is 1.